The molecule has 1 atom stereocenters. The summed E-state index contributed by atoms with van der Waals surface area (Å²) in [5, 5.41) is 12.0. The molecule has 1 aromatic rings. The molecule has 2 N–H and O–H groups in total. The van der Waals surface area contributed by atoms with Crippen LogP contribution in [0.5, 0.6) is 0 Å². The van der Waals surface area contributed by atoms with Gasteiger partial charge in [-0.1, -0.05) is 91.1 Å². The third kappa shape index (κ3) is 5.45. The fraction of sp³-hybridized carbons (Fsp3) is 0.667. The van der Waals surface area contributed by atoms with E-state index in [4.69, 9.17) is 4.43 Å². The number of aliphatic carboxylic acids is 1. The number of carbonyl (C=O) groups is 2. The van der Waals surface area contributed by atoms with E-state index in [1.54, 1.807) is 0 Å². The summed E-state index contributed by atoms with van der Waals surface area (Å²) < 4.78 is 6.45. The van der Waals surface area contributed by atoms with Gasteiger partial charge in [0.15, 0.2) is 0 Å². The summed E-state index contributed by atoms with van der Waals surface area (Å²) in [5.41, 5.74) is 1.25. The summed E-state index contributed by atoms with van der Waals surface area (Å²) in [4.78, 5) is 25.0. The molecule has 30 heavy (non-hydrogen) atoms. The molecule has 0 radical (unpaired) electrons. The molecule has 1 aromatic carbocycles. The lowest BCUT2D eigenvalue weighted by molar-refractivity contribution is -0.139. The summed E-state index contributed by atoms with van der Waals surface area (Å²) in [6.07, 6.45) is 5.39. The van der Waals surface area contributed by atoms with Crippen molar-refractivity contribution < 1.29 is 19.1 Å². The van der Waals surface area contributed by atoms with Crippen molar-refractivity contribution in [2.24, 2.45) is 0 Å². The summed E-state index contributed by atoms with van der Waals surface area (Å²) in [6, 6.07) is 8.35. The Hall–Kier alpha value is -1.82. The maximum atomic E-state index is 13.1. The summed E-state index contributed by atoms with van der Waals surface area (Å²) in [7, 11) is -2.66. The van der Waals surface area contributed by atoms with Gasteiger partial charge in [0.1, 0.15) is 6.04 Å². The van der Waals surface area contributed by atoms with E-state index in [2.05, 4.69) is 46.9 Å². The fourth-order valence-corrected chi connectivity index (χ4v) is 12.7. The van der Waals surface area contributed by atoms with Gasteiger partial charge < -0.3 is 14.8 Å². The molecule has 0 aromatic heterocycles. The molecular formula is C24H39NO4Si. The Morgan fingerprint density at radius 2 is 1.57 bits per heavy atom. The topological polar surface area (TPSA) is 75.6 Å². The highest BCUT2D eigenvalue weighted by atomic mass is 28.4. The van der Waals surface area contributed by atoms with Crippen molar-refractivity contribution in [1.82, 2.24) is 5.32 Å². The number of benzene rings is 1. The van der Waals surface area contributed by atoms with E-state index in [1.165, 1.54) is 19.3 Å². The second-order valence-electron chi connectivity index (χ2n) is 10.7. The number of rotatable bonds is 6. The number of nitrogens with one attached hydrogen (secondary N) is 1. The predicted molar refractivity (Wildman–Crippen MR) is 123 cm³/mol. The minimum absolute atomic E-state index is 0.164. The van der Waals surface area contributed by atoms with E-state index >= 15 is 0 Å². The molecule has 6 heteroatoms. The van der Waals surface area contributed by atoms with Gasteiger partial charge in [0.05, 0.1) is 0 Å². The minimum Gasteiger partial charge on any atom is -0.502 e. The summed E-state index contributed by atoms with van der Waals surface area (Å²) >= 11 is 0. The van der Waals surface area contributed by atoms with Gasteiger partial charge in [-0.25, -0.2) is 9.59 Å². The Kier molecular flexibility index (Phi) is 7.78. The number of hydrogen-bond acceptors (Lipinski definition) is 3. The van der Waals surface area contributed by atoms with Gasteiger partial charge >= 0.3 is 12.1 Å². The first-order chi connectivity index (χ1) is 13.9. The molecule has 0 bridgehead atoms. The van der Waals surface area contributed by atoms with Gasteiger partial charge in [-0.05, 0) is 34.0 Å². The van der Waals surface area contributed by atoms with Crippen LogP contribution in [0.15, 0.2) is 30.3 Å². The molecule has 1 saturated carbocycles. The van der Waals surface area contributed by atoms with E-state index in [0.29, 0.717) is 5.54 Å². The highest BCUT2D eigenvalue weighted by Gasteiger charge is 2.62. The first-order valence-electron chi connectivity index (χ1n) is 11.1. The van der Waals surface area contributed by atoms with Crippen LogP contribution in [-0.2, 0) is 15.6 Å². The van der Waals surface area contributed by atoms with Crippen LogP contribution in [0.2, 0.25) is 15.6 Å². The number of carbonyl (C=O) groups excluding carboxylic acids is 1. The highest BCUT2D eigenvalue weighted by molar-refractivity contribution is 6.82. The van der Waals surface area contributed by atoms with Gasteiger partial charge in [0.25, 0.3) is 8.32 Å². The minimum atomic E-state index is -2.66. The third-order valence-corrected chi connectivity index (χ3v) is 13.2. The average molecular weight is 434 g/mol. The van der Waals surface area contributed by atoms with Crippen LogP contribution in [0.4, 0.5) is 4.79 Å². The van der Waals surface area contributed by atoms with Crippen LogP contribution < -0.4 is 5.32 Å². The lowest BCUT2D eigenvalue weighted by Gasteiger charge is -2.54. The second-order valence-corrected chi connectivity index (χ2v) is 16.2. The Balaban J connectivity index is 2.29. The maximum absolute atomic E-state index is 13.1. The second kappa shape index (κ2) is 9.54. The fourth-order valence-electron chi connectivity index (χ4n) is 5.62. The molecule has 0 aliphatic heterocycles. The molecule has 0 heterocycles. The number of carboxylic acid groups (broad SMARTS) is 1. The summed E-state index contributed by atoms with van der Waals surface area (Å²) in [5.74, 6) is -1.05. The molecule has 1 amide bonds. The van der Waals surface area contributed by atoms with E-state index < -0.39 is 26.4 Å². The standard InChI is InChI=1S/C24H39NO4Si/c1-23(2,3)30(24(4,5)6,19-15-11-8-12-16-19)29-22(28)25-20(21(26)27)17-18-13-9-7-10-14-18/h7,9-10,13-14,19-20H,8,11-12,15-17H2,1-6H3,(H,25,28)(H,26,27)/t20-/m0/s1. The molecule has 1 fully saturated rings. The SMILES string of the molecule is CC(C)(C)[Si](OC(=O)N[C@@H](Cc1ccccc1)C(=O)O)(C1CCCCC1)C(C)(C)C. The van der Waals surface area contributed by atoms with Crippen molar-refractivity contribution in [2.45, 2.75) is 102 Å². The van der Waals surface area contributed by atoms with Crippen molar-refractivity contribution >= 4 is 20.4 Å². The van der Waals surface area contributed by atoms with Crippen molar-refractivity contribution in [3.63, 3.8) is 0 Å². The van der Waals surface area contributed by atoms with Gasteiger partial charge in [-0.3, -0.25) is 0 Å². The Morgan fingerprint density at radius 1 is 1.03 bits per heavy atom. The zero-order valence-electron chi connectivity index (χ0n) is 19.5. The molecule has 1 aliphatic rings. The lowest BCUT2D eigenvalue weighted by atomic mass is 10.00. The molecular weight excluding hydrogens is 394 g/mol. The number of hydrogen-bond donors (Lipinski definition) is 2. The normalized spacial score (nSPS) is 17.3. The van der Waals surface area contributed by atoms with Crippen LogP contribution >= 0.6 is 0 Å². The van der Waals surface area contributed by atoms with Crippen LogP contribution in [-0.4, -0.2) is 31.5 Å². The molecule has 1 aliphatic carbocycles. The Bertz CT molecular complexity index is 701. The maximum Gasteiger partial charge on any atom is 0.394 e. The first-order valence-corrected chi connectivity index (χ1v) is 13.1. The van der Waals surface area contributed by atoms with E-state index in [1.807, 2.05) is 30.3 Å². The molecule has 168 valence electrons. The predicted octanol–water partition coefficient (Wildman–Crippen LogP) is 6.29. The Morgan fingerprint density at radius 3 is 2.03 bits per heavy atom. The largest absolute Gasteiger partial charge is 0.502 e. The van der Waals surface area contributed by atoms with Gasteiger partial charge in [-0.2, -0.15) is 0 Å². The van der Waals surface area contributed by atoms with E-state index in [9.17, 15) is 14.7 Å². The van der Waals surface area contributed by atoms with Crippen LogP contribution in [0.3, 0.4) is 0 Å². The quantitative estimate of drug-likeness (QED) is 0.517. The highest BCUT2D eigenvalue weighted by Crippen LogP contribution is 2.60. The molecule has 0 unspecified atom stereocenters. The number of carboxylic acids is 1. The third-order valence-electron chi connectivity index (χ3n) is 6.53. The molecule has 2 rings (SSSR count). The van der Waals surface area contributed by atoms with Gasteiger partial charge in [0, 0.05) is 6.42 Å². The summed E-state index contributed by atoms with van der Waals surface area (Å²) in [6.45, 7) is 13.1. The van der Waals surface area contributed by atoms with Crippen LogP contribution in [0.1, 0.15) is 79.2 Å². The van der Waals surface area contributed by atoms with E-state index in [0.717, 1.165) is 18.4 Å². The molecule has 5 nitrogen and oxygen atoms in total. The van der Waals surface area contributed by atoms with Crippen molar-refractivity contribution in [3.05, 3.63) is 35.9 Å². The van der Waals surface area contributed by atoms with Crippen molar-refractivity contribution in [1.29, 1.82) is 0 Å². The zero-order chi connectivity index (χ0) is 22.6. The van der Waals surface area contributed by atoms with Gasteiger partial charge in [0.2, 0.25) is 0 Å². The lowest BCUT2D eigenvalue weighted by Crippen LogP contribution is -2.61. The molecule has 0 saturated heterocycles. The Labute approximate surface area is 182 Å². The van der Waals surface area contributed by atoms with Crippen LogP contribution in [0, 0.1) is 0 Å². The molecule has 0 spiro atoms. The van der Waals surface area contributed by atoms with E-state index in [-0.39, 0.29) is 16.5 Å². The van der Waals surface area contributed by atoms with Crippen molar-refractivity contribution in [3.8, 4) is 0 Å². The zero-order valence-corrected chi connectivity index (χ0v) is 20.5. The average Bonchev–Trinajstić information content (AvgIpc) is 2.65. The smallest absolute Gasteiger partial charge is 0.394 e. The van der Waals surface area contributed by atoms with Crippen LogP contribution in [0.25, 0.3) is 0 Å². The first kappa shape index (κ1) is 24.4. The van der Waals surface area contributed by atoms with Crippen molar-refractivity contribution in [2.75, 3.05) is 0 Å². The number of amides is 1. The monoisotopic (exact) mass is 433 g/mol. The van der Waals surface area contributed by atoms with Gasteiger partial charge in [-0.15, -0.1) is 0 Å².